The van der Waals surface area contributed by atoms with Crippen molar-refractivity contribution in [1.82, 2.24) is 31.1 Å². The molecule has 0 unspecified atom stereocenters. The van der Waals surface area contributed by atoms with Crippen molar-refractivity contribution >= 4 is 23.4 Å². The molecule has 0 atom stereocenters. The molecule has 8 nitrogen and oxygen atoms in total. The van der Waals surface area contributed by atoms with E-state index in [1.807, 2.05) is 0 Å². The van der Waals surface area contributed by atoms with Crippen molar-refractivity contribution in [2.24, 2.45) is 0 Å². The van der Waals surface area contributed by atoms with Crippen molar-refractivity contribution in [3.63, 3.8) is 0 Å². The standard InChI is InChI=1S/C15H11ClN6O2/c16-12-3-1-2-11(8-12)15(24)19-18-14(23)10-4-6-13(7-5-10)22-9-17-20-21-22/h1-9H,(H,18,23)(H,19,24). The van der Waals surface area contributed by atoms with Crippen LogP contribution in [0.5, 0.6) is 0 Å². The van der Waals surface area contributed by atoms with Crippen LogP contribution in [-0.4, -0.2) is 32.0 Å². The van der Waals surface area contributed by atoms with Crippen LogP contribution in [0.25, 0.3) is 5.69 Å². The largest absolute Gasteiger partial charge is 0.269 e. The second kappa shape index (κ2) is 6.88. The first-order valence-electron chi connectivity index (χ1n) is 6.83. The van der Waals surface area contributed by atoms with E-state index < -0.39 is 11.8 Å². The number of benzene rings is 2. The van der Waals surface area contributed by atoms with Gasteiger partial charge in [0.1, 0.15) is 6.33 Å². The number of aromatic nitrogens is 4. The molecule has 0 aliphatic rings. The quantitative estimate of drug-likeness (QED) is 0.700. The molecular weight excluding hydrogens is 332 g/mol. The molecule has 3 aromatic rings. The number of hydrazine groups is 1. The first-order valence-corrected chi connectivity index (χ1v) is 7.21. The number of halogens is 1. The van der Waals surface area contributed by atoms with E-state index in [-0.39, 0.29) is 0 Å². The molecule has 1 heterocycles. The van der Waals surface area contributed by atoms with Gasteiger partial charge in [0.15, 0.2) is 0 Å². The third kappa shape index (κ3) is 3.55. The second-order valence-electron chi connectivity index (χ2n) is 4.72. The molecule has 0 saturated carbocycles. The van der Waals surface area contributed by atoms with Gasteiger partial charge in [-0.2, -0.15) is 0 Å². The maximum Gasteiger partial charge on any atom is 0.269 e. The third-order valence-electron chi connectivity index (χ3n) is 3.12. The number of carbonyl (C=O) groups excluding carboxylic acids is 2. The zero-order valence-corrected chi connectivity index (χ0v) is 12.9. The maximum atomic E-state index is 12.0. The Morgan fingerprint density at radius 3 is 2.29 bits per heavy atom. The SMILES string of the molecule is O=C(NNC(=O)c1cccc(Cl)c1)c1ccc(-n2cnnn2)cc1. The highest BCUT2D eigenvalue weighted by Crippen LogP contribution is 2.10. The van der Waals surface area contributed by atoms with Gasteiger partial charge in [-0.15, -0.1) is 5.10 Å². The number of nitrogens with one attached hydrogen (secondary N) is 2. The number of hydrogen-bond acceptors (Lipinski definition) is 5. The summed E-state index contributed by atoms with van der Waals surface area (Å²) in [6.45, 7) is 0. The molecular formula is C15H11ClN6O2. The molecule has 0 radical (unpaired) electrons. The molecule has 120 valence electrons. The van der Waals surface area contributed by atoms with Crippen molar-refractivity contribution in [1.29, 1.82) is 0 Å². The zero-order valence-electron chi connectivity index (χ0n) is 12.2. The Bertz CT molecular complexity index is 864. The second-order valence-corrected chi connectivity index (χ2v) is 5.16. The summed E-state index contributed by atoms with van der Waals surface area (Å²) in [4.78, 5) is 24.0. The first-order chi connectivity index (χ1) is 11.6. The van der Waals surface area contributed by atoms with E-state index in [4.69, 9.17) is 11.6 Å². The molecule has 0 bridgehead atoms. The third-order valence-corrected chi connectivity index (χ3v) is 3.35. The molecule has 0 saturated heterocycles. The van der Waals surface area contributed by atoms with Crippen molar-refractivity contribution in [3.05, 3.63) is 71.0 Å². The molecule has 2 N–H and O–H groups in total. The normalized spacial score (nSPS) is 10.2. The Hall–Kier alpha value is -3.26. The van der Waals surface area contributed by atoms with Crippen LogP contribution in [0, 0.1) is 0 Å². The summed E-state index contributed by atoms with van der Waals surface area (Å²) >= 11 is 5.82. The van der Waals surface area contributed by atoms with E-state index in [1.54, 1.807) is 42.5 Å². The van der Waals surface area contributed by atoms with Crippen molar-refractivity contribution in [3.8, 4) is 5.69 Å². The Balaban J connectivity index is 1.62. The van der Waals surface area contributed by atoms with E-state index in [0.717, 1.165) is 0 Å². The Morgan fingerprint density at radius 1 is 0.958 bits per heavy atom. The lowest BCUT2D eigenvalue weighted by Crippen LogP contribution is -2.41. The summed E-state index contributed by atoms with van der Waals surface area (Å²) < 4.78 is 1.46. The predicted molar refractivity (Wildman–Crippen MR) is 85.5 cm³/mol. The average Bonchev–Trinajstić information content (AvgIpc) is 3.14. The van der Waals surface area contributed by atoms with Gasteiger partial charge < -0.3 is 0 Å². The minimum Gasteiger partial charge on any atom is -0.267 e. The summed E-state index contributed by atoms with van der Waals surface area (Å²) in [7, 11) is 0. The first kappa shape index (κ1) is 15.6. The number of carbonyl (C=O) groups is 2. The van der Waals surface area contributed by atoms with Crippen LogP contribution >= 0.6 is 11.6 Å². The highest BCUT2D eigenvalue weighted by molar-refractivity contribution is 6.30. The van der Waals surface area contributed by atoms with Gasteiger partial charge in [0.2, 0.25) is 0 Å². The van der Waals surface area contributed by atoms with E-state index in [1.165, 1.54) is 17.1 Å². The van der Waals surface area contributed by atoms with Gasteiger partial charge in [-0.05, 0) is 52.9 Å². The minimum atomic E-state index is -0.462. The van der Waals surface area contributed by atoms with Crippen LogP contribution in [0.15, 0.2) is 54.9 Å². The summed E-state index contributed by atoms with van der Waals surface area (Å²) in [5, 5.41) is 11.3. The van der Waals surface area contributed by atoms with Gasteiger partial charge in [-0.25, -0.2) is 4.68 Å². The molecule has 2 aromatic carbocycles. The Kier molecular flexibility index (Phi) is 4.48. The summed E-state index contributed by atoms with van der Waals surface area (Å²) in [5.41, 5.74) is 6.10. The average molecular weight is 343 g/mol. The number of nitrogens with zero attached hydrogens (tertiary/aromatic N) is 4. The lowest BCUT2D eigenvalue weighted by atomic mass is 10.2. The summed E-state index contributed by atoms with van der Waals surface area (Å²) in [5.74, 6) is -0.912. The molecule has 2 amide bonds. The van der Waals surface area contributed by atoms with Gasteiger partial charge >= 0.3 is 0 Å². The molecule has 0 aliphatic carbocycles. The van der Waals surface area contributed by atoms with Gasteiger partial charge in [-0.1, -0.05) is 17.7 Å². The fourth-order valence-electron chi connectivity index (χ4n) is 1.93. The topological polar surface area (TPSA) is 102 Å². The summed E-state index contributed by atoms with van der Waals surface area (Å²) in [6, 6.07) is 13.0. The molecule has 1 aromatic heterocycles. The van der Waals surface area contributed by atoms with Crippen molar-refractivity contribution in [2.45, 2.75) is 0 Å². The fraction of sp³-hybridized carbons (Fsp3) is 0. The molecule has 0 spiro atoms. The van der Waals surface area contributed by atoms with E-state index in [0.29, 0.717) is 21.8 Å². The Labute approximate surface area is 141 Å². The number of rotatable bonds is 3. The molecule has 0 aliphatic heterocycles. The van der Waals surface area contributed by atoms with Gasteiger partial charge in [0, 0.05) is 16.1 Å². The van der Waals surface area contributed by atoms with Crippen LogP contribution in [0.4, 0.5) is 0 Å². The smallest absolute Gasteiger partial charge is 0.267 e. The van der Waals surface area contributed by atoms with E-state index in [2.05, 4.69) is 26.4 Å². The van der Waals surface area contributed by atoms with Gasteiger partial charge in [-0.3, -0.25) is 20.4 Å². The van der Waals surface area contributed by atoms with E-state index in [9.17, 15) is 9.59 Å². The predicted octanol–water partition coefficient (Wildman–Crippen LogP) is 1.39. The van der Waals surface area contributed by atoms with Crippen LogP contribution < -0.4 is 10.9 Å². The lowest BCUT2D eigenvalue weighted by Gasteiger charge is -2.08. The molecule has 9 heteroatoms. The van der Waals surface area contributed by atoms with E-state index >= 15 is 0 Å². The van der Waals surface area contributed by atoms with Crippen molar-refractivity contribution < 1.29 is 9.59 Å². The van der Waals surface area contributed by atoms with Crippen LogP contribution in [0.1, 0.15) is 20.7 Å². The minimum absolute atomic E-state index is 0.344. The molecule has 24 heavy (non-hydrogen) atoms. The number of tetrazole rings is 1. The number of amides is 2. The lowest BCUT2D eigenvalue weighted by molar-refractivity contribution is 0.0846. The summed E-state index contributed by atoms with van der Waals surface area (Å²) in [6.07, 6.45) is 1.44. The Morgan fingerprint density at radius 2 is 1.67 bits per heavy atom. The number of hydrogen-bond donors (Lipinski definition) is 2. The van der Waals surface area contributed by atoms with Crippen LogP contribution in [-0.2, 0) is 0 Å². The molecule has 0 fully saturated rings. The zero-order chi connectivity index (χ0) is 16.9. The highest BCUT2D eigenvalue weighted by Gasteiger charge is 2.10. The fourth-order valence-corrected chi connectivity index (χ4v) is 2.12. The maximum absolute atomic E-state index is 12.0. The van der Waals surface area contributed by atoms with Crippen LogP contribution in [0.3, 0.4) is 0 Å². The highest BCUT2D eigenvalue weighted by atomic mass is 35.5. The van der Waals surface area contributed by atoms with Gasteiger partial charge in [0.05, 0.1) is 5.69 Å². The van der Waals surface area contributed by atoms with Crippen molar-refractivity contribution in [2.75, 3.05) is 0 Å². The van der Waals surface area contributed by atoms with Gasteiger partial charge in [0.25, 0.3) is 11.8 Å². The monoisotopic (exact) mass is 342 g/mol. The molecule has 3 rings (SSSR count). The van der Waals surface area contributed by atoms with Crippen LogP contribution in [0.2, 0.25) is 5.02 Å².